The summed E-state index contributed by atoms with van der Waals surface area (Å²) >= 11 is 0. The molecule has 1 aliphatic carbocycles. The summed E-state index contributed by atoms with van der Waals surface area (Å²) in [6.07, 6.45) is 3.77. The zero-order valence-corrected chi connectivity index (χ0v) is 13.2. The Balaban J connectivity index is 1.42. The monoisotopic (exact) mass is 317 g/mol. The molecule has 1 aromatic rings. The highest BCUT2D eigenvalue weighted by Crippen LogP contribution is 2.52. The molecule has 4 rings (SSSR count). The molecule has 2 heterocycles. The van der Waals surface area contributed by atoms with Gasteiger partial charge < -0.3 is 14.6 Å². The Morgan fingerprint density at radius 3 is 2.83 bits per heavy atom. The van der Waals surface area contributed by atoms with Gasteiger partial charge in [0.2, 0.25) is 0 Å². The second kappa shape index (κ2) is 5.58. The summed E-state index contributed by atoms with van der Waals surface area (Å²) in [6.45, 7) is 2.73. The Kier molecular flexibility index (Phi) is 3.67. The standard InChI is InChI=1S/C18H23NO4/c20-16(21)15-7-4-8-17(15)9-10-19(12-17)18(13-23-18)22-11-14-5-2-1-3-6-14/h1-3,5-6,15H,4,7-13H2,(H,20,21)/t15?,17-,18?/m1/s1. The van der Waals surface area contributed by atoms with Crippen LogP contribution in [0, 0.1) is 11.3 Å². The highest BCUT2D eigenvalue weighted by Gasteiger charge is 2.60. The molecule has 1 spiro atoms. The first-order valence-electron chi connectivity index (χ1n) is 8.43. The SMILES string of the molecule is O=C(O)C1CCC[C@]12CCN(C1(OCc3ccccc3)CO1)C2. The second-order valence-corrected chi connectivity index (χ2v) is 7.09. The van der Waals surface area contributed by atoms with Crippen LogP contribution in [0.5, 0.6) is 0 Å². The minimum absolute atomic E-state index is 0.0825. The van der Waals surface area contributed by atoms with Gasteiger partial charge in [-0.1, -0.05) is 36.8 Å². The van der Waals surface area contributed by atoms with Gasteiger partial charge in [-0.25, -0.2) is 4.90 Å². The summed E-state index contributed by atoms with van der Waals surface area (Å²) in [5.41, 5.74) is 1.04. The van der Waals surface area contributed by atoms with Crippen molar-refractivity contribution in [2.45, 2.75) is 38.2 Å². The van der Waals surface area contributed by atoms with Gasteiger partial charge in [0.05, 0.1) is 12.5 Å². The van der Waals surface area contributed by atoms with E-state index in [1.807, 2.05) is 30.3 Å². The first kappa shape index (κ1) is 15.1. The zero-order chi connectivity index (χ0) is 15.9. The summed E-state index contributed by atoms with van der Waals surface area (Å²) < 4.78 is 11.7. The van der Waals surface area contributed by atoms with E-state index >= 15 is 0 Å². The van der Waals surface area contributed by atoms with Gasteiger partial charge >= 0.3 is 5.97 Å². The molecule has 1 N–H and O–H groups in total. The average molecular weight is 317 g/mol. The molecule has 124 valence electrons. The van der Waals surface area contributed by atoms with E-state index in [1.54, 1.807) is 0 Å². The minimum Gasteiger partial charge on any atom is -0.481 e. The van der Waals surface area contributed by atoms with Crippen LogP contribution in [-0.2, 0) is 20.9 Å². The minimum atomic E-state index is -0.639. The predicted octanol–water partition coefficient (Wildman–Crippen LogP) is 2.46. The summed E-state index contributed by atoms with van der Waals surface area (Å²) in [7, 11) is 0. The number of epoxide rings is 1. The lowest BCUT2D eigenvalue weighted by Gasteiger charge is -2.30. The van der Waals surface area contributed by atoms with Gasteiger partial charge in [0.25, 0.3) is 5.91 Å². The third-order valence-corrected chi connectivity index (χ3v) is 5.77. The van der Waals surface area contributed by atoms with E-state index in [-0.39, 0.29) is 11.3 Å². The molecule has 3 atom stereocenters. The maximum absolute atomic E-state index is 11.6. The molecule has 1 saturated carbocycles. The molecule has 3 aliphatic rings. The Labute approximate surface area is 136 Å². The number of benzene rings is 1. The number of carboxylic acid groups (broad SMARTS) is 1. The van der Waals surface area contributed by atoms with Gasteiger partial charge in [-0.15, -0.1) is 0 Å². The molecule has 2 aliphatic heterocycles. The van der Waals surface area contributed by atoms with Gasteiger partial charge in [-0.2, -0.15) is 0 Å². The van der Waals surface area contributed by atoms with Crippen molar-refractivity contribution in [1.29, 1.82) is 0 Å². The Morgan fingerprint density at radius 2 is 2.13 bits per heavy atom. The van der Waals surface area contributed by atoms with E-state index in [0.717, 1.165) is 44.3 Å². The van der Waals surface area contributed by atoms with E-state index in [2.05, 4.69) is 4.90 Å². The topological polar surface area (TPSA) is 62.3 Å². The largest absolute Gasteiger partial charge is 0.481 e. The lowest BCUT2D eigenvalue weighted by molar-refractivity contribution is -0.157. The number of carboxylic acids is 1. The lowest BCUT2D eigenvalue weighted by Crippen LogP contribution is -2.42. The average Bonchev–Trinajstić information content (AvgIpc) is 3.05. The summed E-state index contributed by atoms with van der Waals surface area (Å²) in [6, 6.07) is 10.1. The number of likely N-dealkylation sites (tertiary alicyclic amines) is 1. The molecular weight excluding hydrogens is 294 g/mol. The van der Waals surface area contributed by atoms with Crippen molar-refractivity contribution in [3.05, 3.63) is 35.9 Å². The molecule has 1 aromatic carbocycles. The fourth-order valence-electron chi connectivity index (χ4n) is 4.39. The molecule has 5 nitrogen and oxygen atoms in total. The maximum atomic E-state index is 11.6. The Hall–Kier alpha value is -1.43. The highest BCUT2D eigenvalue weighted by atomic mass is 16.8. The van der Waals surface area contributed by atoms with E-state index in [9.17, 15) is 9.90 Å². The van der Waals surface area contributed by atoms with Gasteiger partial charge in [0, 0.05) is 13.1 Å². The fourth-order valence-corrected chi connectivity index (χ4v) is 4.39. The Bertz CT molecular complexity index is 586. The summed E-state index contributed by atoms with van der Waals surface area (Å²) in [5, 5.41) is 9.51. The number of carbonyl (C=O) groups is 1. The van der Waals surface area contributed by atoms with Crippen LogP contribution in [0.15, 0.2) is 30.3 Å². The van der Waals surface area contributed by atoms with Crippen molar-refractivity contribution >= 4 is 5.97 Å². The number of ether oxygens (including phenoxy) is 2. The van der Waals surface area contributed by atoms with Gasteiger partial charge in [0.1, 0.15) is 6.61 Å². The van der Waals surface area contributed by atoms with Crippen LogP contribution in [0.25, 0.3) is 0 Å². The molecule has 5 heteroatoms. The fraction of sp³-hybridized carbons (Fsp3) is 0.611. The molecule has 23 heavy (non-hydrogen) atoms. The highest BCUT2D eigenvalue weighted by molar-refractivity contribution is 5.71. The van der Waals surface area contributed by atoms with Crippen molar-refractivity contribution < 1.29 is 19.4 Å². The van der Waals surface area contributed by atoms with Crippen LogP contribution < -0.4 is 0 Å². The van der Waals surface area contributed by atoms with Crippen LogP contribution in [0.1, 0.15) is 31.2 Å². The summed E-state index contributed by atoms with van der Waals surface area (Å²) in [5.74, 6) is -1.47. The van der Waals surface area contributed by atoms with E-state index in [1.165, 1.54) is 0 Å². The third-order valence-electron chi connectivity index (χ3n) is 5.77. The molecule has 2 saturated heterocycles. The molecule has 0 radical (unpaired) electrons. The smallest absolute Gasteiger partial charge is 0.307 e. The Morgan fingerprint density at radius 1 is 1.35 bits per heavy atom. The number of rotatable bonds is 5. The molecule has 2 unspecified atom stereocenters. The van der Waals surface area contributed by atoms with E-state index < -0.39 is 11.9 Å². The van der Waals surface area contributed by atoms with Crippen molar-refractivity contribution in [1.82, 2.24) is 4.90 Å². The van der Waals surface area contributed by atoms with Crippen molar-refractivity contribution in [3.8, 4) is 0 Å². The first-order chi connectivity index (χ1) is 11.1. The van der Waals surface area contributed by atoms with Crippen LogP contribution in [0.2, 0.25) is 0 Å². The summed E-state index contributed by atoms with van der Waals surface area (Å²) in [4.78, 5) is 13.8. The van der Waals surface area contributed by atoms with Crippen molar-refractivity contribution in [2.24, 2.45) is 11.3 Å². The van der Waals surface area contributed by atoms with Crippen LogP contribution >= 0.6 is 0 Å². The van der Waals surface area contributed by atoms with Crippen LogP contribution in [0.3, 0.4) is 0 Å². The lowest BCUT2D eigenvalue weighted by atomic mass is 9.77. The van der Waals surface area contributed by atoms with Gasteiger partial charge in [-0.05, 0) is 30.2 Å². The number of hydrogen-bond acceptors (Lipinski definition) is 4. The number of aliphatic carboxylic acids is 1. The van der Waals surface area contributed by atoms with Crippen molar-refractivity contribution in [3.63, 3.8) is 0 Å². The van der Waals surface area contributed by atoms with E-state index in [0.29, 0.717) is 13.2 Å². The molecule has 0 bridgehead atoms. The third kappa shape index (κ3) is 2.67. The first-order valence-corrected chi connectivity index (χ1v) is 8.43. The normalized spacial score (nSPS) is 36.6. The quantitative estimate of drug-likeness (QED) is 0.845. The predicted molar refractivity (Wildman–Crippen MR) is 83.5 cm³/mol. The van der Waals surface area contributed by atoms with Crippen LogP contribution in [0.4, 0.5) is 0 Å². The van der Waals surface area contributed by atoms with Gasteiger partial charge in [-0.3, -0.25) is 4.79 Å². The molecular formula is C18H23NO4. The van der Waals surface area contributed by atoms with Gasteiger partial charge in [0.15, 0.2) is 0 Å². The molecule has 0 aromatic heterocycles. The number of hydrogen-bond donors (Lipinski definition) is 1. The second-order valence-electron chi connectivity index (χ2n) is 7.09. The van der Waals surface area contributed by atoms with Crippen molar-refractivity contribution in [2.75, 3.05) is 19.7 Å². The molecule has 0 amide bonds. The maximum Gasteiger partial charge on any atom is 0.307 e. The zero-order valence-electron chi connectivity index (χ0n) is 13.2. The molecule has 3 fully saturated rings. The van der Waals surface area contributed by atoms with E-state index in [4.69, 9.17) is 9.47 Å². The number of nitrogens with zero attached hydrogens (tertiary/aromatic N) is 1. The van der Waals surface area contributed by atoms with Crippen LogP contribution in [-0.4, -0.2) is 41.6 Å².